The molecule has 7 heteroatoms. The highest BCUT2D eigenvalue weighted by molar-refractivity contribution is 8.01. The first-order valence-corrected chi connectivity index (χ1v) is 12.4. The van der Waals surface area contributed by atoms with Gasteiger partial charge in [0.2, 0.25) is 0 Å². The van der Waals surface area contributed by atoms with Crippen molar-refractivity contribution >= 4 is 34.6 Å². The average molecular weight is 467 g/mol. The number of nitrogens with zero attached hydrogens (tertiary/aromatic N) is 1. The number of benzene rings is 1. The molecule has 2 heterocycles. The summed E-state index contributed by atoms with van der Waals surface area (Å²) in [6.07, 6.45) is 7.10. The molecule has 2 aliphatic heterocycles. The van der Waals surface area contributed by atoms with E-state index in [1.807, 2.05) is 13.0 Å². The lowest BCUT2D eigenvalue weighted by atomic mass is 9.80. The molecular weight excluding hydrogens is 432 g/mol. The van der Waals surface area contributed by atoms with Crippen molar-refractivity contribution in [2.75, 3.05) is 24.5 Å². The number of rotatable bonds is 5. The molecule has 0 spiro atoms. The molecule has 5 N–H and O–H groups in total. The topological polar surface area (TPSA) is 90.6 Å². The lowest BCUT2D eigenvalue weighted by Gasteiger charge is -2.30. The number of nitrogens with two attached hydrogens (primary N) is 1. The van der Waals surface area contributed by atoms with E-state index >= 15 is 0 Å². The first-order chi connectivity index (χ1) is 15.6. The maximum atomic E-state index is 12.2. The molecule has 6 nitrogen and oxygen atoms in total. The lowest BCUT2D eigenvalue weighted by Crippen LogP contribution is -2.39. The van der Waals surface area contributed by atoms with Gasteiger partial charge in [-0.2, -0.15) is 0 Å². The van der Waals surface area contributed by atoms with Gasteiger partial charge >= 0.3 is 6.03 Å². The van der Waals surface area contributed by atoms with Crippen molar-refractivity contribution in [1.29, 1.82) is 0 Å². The van der Waals surface area contributed by atoms with E-state index in [4.69, 9.17) is 5.73 Å². The number of amides is 2. The van der Waals surface area contributed by atoms with Gasteiger partial charge in [-0.3, -0.25) is 0 Å². The largest absolute Gasteiger partial charge is 0.390 e. The molecule has 0 radical (unpaired) electrons. The molecule has 2 amide bonds. The van der Waals surface area contributed by atoms with Crippen molar-refractivity contribution in [2.45, 2.75) is 49.1 Å². The van der Waals surface area contributed by atoms with Crippen molar-refractivity contribution < 1.29 is 9.90 Å². The Bertz CT molecular complexity index is 1050. The Hall–Kier alpha value is -2.48. The maximum absolute atomic E-state index is 12.2. The number of nitrogens with one attached hydrogen (secondary N) is 2. The second-order valence-electron chi connectivity index (χ2n) is 9.56. The number of allylic oxidation sites excluding steroid dienone is 3. The number of anilines is 1. The summed E-state index contributed by atoms with van der Waals surface area (Å²) in [5, 5.41) is 16.1. The van der Waals surface area contributed by atoms with Crippen LogP contribution in [0.3, 0.4) is 0 Å². The Kier molecular flexibility index (Phi) is 6.49. The summed E-state index contributed by atoms with van der Waals surface area (Å²) in [4.78, 5) is 15.7. The van der Waals surface area contributed by atoms with Gasteiger partial charge in [0.1, 0.15) is 5.37 Å². The molecule has 0 saturated carbocycles. The van der Waals surface area contributed by atoms with Gasteiger partial charge in [0, 0.05) is 36.5 Å². The number of fused-ring (bicyclic) bond motifs is 1. The molecule has 3 aliphatic rings. The van der Waals surface area contributed by atoms with Crippen LogP contribution in [0.15, 0.2) is 54.0 Å². The quantitative estimate of drug-likeness (QED) is 0.529. The fourth-order valence-corrected chi connectivity index (χ4v) is 5.99. The van der Waals surface area contributed by atoms with Crippen molar-refractivity contribution in [1.82, 2.24) is 10.6 Å². The average Bonchev–Trinajstić information content (AvgIpc) is 3.30. The Balaban J connectivity index is 1.71. The van der Waals surface area contributed by atoms with Gasteiger partial charge in [0.25, 0.3) is 0 Å². The Morgan fingerprint density at radius 2 is 2.12 bits per heavy atom. The van der Waals surface area contributed by atoms with Crippen LogP contribution >= 0.6 is 11.8 Å². The maximum Gasteiger partial charge on any atom is 0.315 e. The monoisotopic (exact) mass is 466 g/mol. The highest BCUT2D eigenvalue weighted by Crippen LogP contribution is 2.50. The third-order valence-corrected chi connectivity index (χ3v) is 7.74. The number of carbonyl (C=O) groups is 1. The van der Waals surface area contributed by atoms with E-state index in [1.165, 1.54) is 0 Å². The van der Waals surface area contributed by atoms with Crippen LogP contribution in [-0.2, 0) is 0 Å². The zero-order chi connectivity index (χ0) is 23.9. The Morgan fingerprint density at radius 3 is 2.73 bits per heavy atom. The summed E-state index contributed by atoms with van der Waals surface area (Å²) in [5.74, 6) is -0.122. The Morgan fingerprint density at radius 1 is 1.36 bits per heavy atom. The van der Waals surface area contributed by atoms with Crippen LogP contribution in [0.25, 0.3) is 11.1 Å². The molecule has 176 valence electrons. The highest BCUT2D eigenvalue weighted by atomic mass is 32.2. The van der Waals surface area contributed by atoms with Crippen LogP contribution < -0.4 is 21.3 Å². The second kappa shape index (κ2) is 9.05. The van der Waals surface area contributed by atoms with Crippen LogP contribution in [0.4, 0.5) is 10.5 Å². The van der Waals surface area contributed by atoms with Crippen LogP contribution in [0.5, 0.6) is 0 Å². The van der Waals surface area contributed by atoms with Gasteiger partial charge in [-0.1, -0.05) is 43.1 Å². The van der Waals surface area contributed by atoms with E-state index < -0.39 is 5.60 Å². The highest BCUT2D eigenvalue weighted by Gasteiger charge is 2.34. The number of carbonyl (C=O) groups excluding carboxylic acids is 1. The number of hydrogen-bond acceptors (Lipinski definition) is 5. The van der Waals surface area contributed by atoms with E-state index in [1.54, 1.807) is 25.6 Å². The molecule has 1 saturated heterocycles. The van der Waals surface area contributed by atoms with E-state index in [0.717, 1.165) is 57.9 Å². The zero-order valence-corrected chi connectivity index (χ0v) is 20.5. The minimum atomic E-state index is -0.868. The first-order valence-electron chi connectivity index (χ1n) is 11.5. The molecule has 33 heavy (non-hydrogen) atoms. The standard InChI is InChI=1S/C26H34N4O2S/c1-6-28-25(31)29-24-16(3)20-12-18(17-7-8-21(15(2)11-17)26(4,5)32)13-22(23(20)33-24)30-10-9-19(27)14-30/h7-8,11-13,19,21,24,32H,2-3,6,9-10,14,27H2,1,4-5H3,(H2,28,29,31). The molecule has 1 aliphatic carbocycles. The van der Waals surface area contributed by atoms with E-state index in [0.29, 0.717) is 6.54 Å². The third kappa shape index (κ3) is 4.76. The predicted molar refractivity (Wildman–Crippen MR) is 138 cm³/mol. The molecule has 1 aromatic carbocycles. The summed E-state index contributed by atoms with van der Waals surface area (Å²) in [7, 11) is 0. The fraction of sp³-hybridized carbons (Fsp3) is 0.423. The number of urea groups is 1. The summed E-state index contributed by atoms with van der Waals surface area (Å²) in [6, 6.07) is 4.32. The van der Waals surface area contributed by atoms with Gasteiger partial charge in [0.15, 0.2) is 0 Å². The van der Waals surface area contributed by atoms with Gasteiger partial charge in [0.05, 0.1) is 11.3 Å². The molecule has 4 rings (SSSR count). The SMILES string of the molecule is C=C1c2cc(C3=CC(=C)C(C(C)(C)O)C=C3)cc(N3CCC(N)C3)c2SC1NC(=O)NCC. The summed E-state index contributed by atoms with van der Waals surface area (Å²) < 4.78 is 0. The smallest absolute Gasteiger partial charge is 0.315 e. The minimum Gasteiger partial charge on any atom is -0.390 e. The van der Waals surface area contributed by atoms with Crippen LogP contribution in [0.2, 0.25) is 0 Å². The second-order valence-corrected chi connectivity index (χ2v) is 10.7. The number of hydrogen-bond donors (Lipinski definition) is 4. The fourth-order valence-electron chi connectivity index (χ4n) is 4.69. The van der Waals surface area contributed by atoms with Crippen LogP contribution in [-0.4, -0.2) is 47.8 Å². The van der Waals surface area contributed by atoms with E-state index in [-0.39, 0.29) is 23.4 Å². The molecule has 1 fully saturated rings. The molecular formula is C26H34N4O2S. The lowest BCUT2D eigenvalue weighted by molar-refractivity contribution is 0.0516. The van der Waals surface area contributed by atoms with Gasteiger partial charge in [-0.25, -0.2) is 4.79 Å². The van der Waals surface area contributed by atoms with Crippen molar-refractivity contribution in [3.05, 3.63) is 60.2 Å². The van der Waals surface area contributed by atoms with Gasteiger partial charge < -0.3 is 26.4 Å². The van der Waals surface area contributed by atoms with Gasteiger partial charge in [-0.05, 0) is 67.2 Å². The molecule has 0 aromatic heterocycles. The van der Waals surface area contributed by atoms with Crippen molar-refractivity contribution in [3.63, 3.8) is 0 Å². The van der Waals surface area contributed by atoms with E-state index in [2.05, 4.69) is 53.0 Å². The molecule has 1 aromatic rings. The van der Waals surface area contributed by atoms with Crippen molar-refractivity contribution in [3.8, 4) is 0 Å². The molecule has 3 atom stereocenters. The summed E-state index contributed by atoms with van der Waals surface area (Å²) >= 11 is 1.63. The molecule has 0 bridgehead atoms. The minimum absolute atomic E-state index is 0.122. The van der Waals surface area contributed by atoms with Crippen LogP contribution in [0, 0.1) is 5.92 Å². The number of aliphatic hydroxyl groups is 1. The van der Waals surface area contributed by atoms with Gasteiger partial charge in [-0.15, -0.1) is 0 Å². The molecule has 3 unspecified atom stereocenters. The zero-order valence-electron chi connectivity index (χ0n) is 19.6. The van der Waals surface area contributed by atoms with Crippen molar-refractivity contribution in [2.24, 2.45) is 11.7 Å². The predicted octanol–water partition coefficient (Wildman–Crippen LogP) is 3.88. The Labute approximate surface area is 200 Å². The van der Waals surface area contributed by atoms with E-state index in [9.17, 15) is 9.90 Å². The van der Waals surface area contributed by atoms with Crippen LogP contribution in [0.1, 0.15) is 38.3 Å². The summed E-state index contributed by atoms with van der Waals surface area (Å²) in [5.41, 5.74) is 11.4. The number of thioether (sulfide) groups is 1. The third-order valence-electron chi connectivity index (χ3n) is 6.44. The normalized spacial score (nSPS) is 24.7. The first kappa shape index (κ1) is 23.7. The summed E-state index contributed by atoms with van der Waals surface area (Å²) in [6.45, 7) is 16.3.